The first-order valence-electron chi connectivity index (χ1n) is 5.80. The first kappa shape index (κ1) is 14.9. The standard InChI is InChI=1S/C13H11F3N2O3/c1-18-10(9(11(19)21-2)17-12(18)20)7-3-5-8(6-4-7)13(14,15)16/h3-6H,1-2H3,(H,17,20). The molecule has 1 N–H and O–H groups in total. The number of methoxy groups -OCH3 is 1. The van der Waals surface area contributed by atoms with Crippen molar-refractivity contribution in [2.75, 3.05) is 7.11 Å². The SMILES string of the molecule is COC(=O)c1[nH]c(=O)n(C)c1-c1ccc(C(F)(F)F)cc1. The van der Waals surface area contributed by atoms with Crippen molar-refractivity contribution in [2.45, 2.75) is 6.18 Å². The number of aromatic amines is 1. The Kier molecular flexibility index (Phi) is 3.63. The minimum absolute atomic E-state index is 0.107. The number of ether oxygens (including phenoxy) is 1. The summed E-state index contributed by atoms with van der Waals surface area (Å²) < 4.78 is 43.3. The van der Waals surface area contributed by atoms with E-state index in [0.717, 1.165) is 23.8 Å². The molecule has 0 saturated heterocycles. The van der Waals surface area contributed by atoms with Gasteiger partial charge in [-0.15, -0.1) is 0 Å². The topological polar surface area (TPSA) is 64.1 Å². The number of halogens is 3. The maximum absolute atomic E-state index is 12.5. The Morgan fingerprint density at radius 1 is 1.24 bits per heavy atom. The van der Waals surface area contributed by atoms with Gasteiger partial charge in [-0.1, -0.05) is 12.1 Å². The lowest BCUT2D eigenvalue weighted by atomic mass is 10.1. The van der Waals surface area contributed by atoms with E-state index in [4.69, 9.17) is 0 Å². The van der Waals surface area contributed by atoms with Crippen LogP contribution >= 0.6 is 0 Å². The summed E-state index contributed by atoms with van der Waals surface area (Å²) >= 11 is 0. The number of alkyl halides is 3. The van der Waals surface area contributed by atoms with E-state index in [9.17, 15) is 22.8 Å². The summed E-state index contributed by atoms with van der Waals surface area (Å²) in [5.41, 5.74) is -1.02. The first-order chi connectivity index (χ1) is 9.75. The van der Waals surface area contributed by atoms with Gasteiger partial charge in [0.05, 0.1) is 18.4 Å². The van der Waals surface area contributed by atoms with E-state index in [1.807, 2.05) is 0 Å². The number of carbonyl (C=O) groups excluding carboxylic acids is 1. The molecule has 0 atom stereocenters. The zero-order chi connectivity index (χ0) is 15.8. The number of benzene rings is 1. The van der Waals surface area contributed by atoms with Gasteiger partial charge in [0.25, 0.3) is 0 Å². The molecule has 0 aliphatic carbocycles. The van der Waals surface area contributed by atoms with E-state index in [1.54, 1.807) is 0 Å². The Labute approximate surface area is 117 Å². The Balaban J connectivity index is 2.57. The number of carbonyl (C=O) groups is 1. The number of hydrogen-bond donors (Lipinski definition) is 1. The Hall–Kier alpha value is -2.51. The van der Waals surface area contributed by atoms with Gasteiger partial charge in [0.15, 0.2) is 5.69 Å². The molecule has 0 amide bonds. The monoisotopic (exact) mass is 300 g/mol. The van der Waals surface area contributed by atoms with Crippen molar-refractivity contribution in [2.24, 2.45) is 7.05 Å². The lowest BCUT2D eigenvalue weighted by Gasteiger charge is -2.09. The lowest BCUT2D eigenvalue weighted by molar-refractivity contribution is -0.137. The number of nitrogens with one attached hydrogen (secondary N) is 1. The molecule has 1 aromatic heterocycles. The van der Waals surface area contributed by atoms with E-state index in [-0.39, 0.29) is 11.4 Å². The van der Waals surface area contributed by atoms with Gasteiger partial charge >= 0.3 is 17.8 Å². The third-order valence-corrected chi connectivity index (χ3v) is 2.98. The highest BCUT2D eigenvalue weighted by Gasteiger charge is 2.30. The number of rotatable bonds is 2. The molecule has 0 radical (unpaired) electrons. The van der Waals surface area contributed by atoms with Crippen molar-refractivity contribution in [3.05, 3.63) is 46.0 Å². The fourth-order valence-electron chi connectivity index (χ4n) is 1.92. The van der Waals surface area contributed by atoms with Crippen LogP contribution in [-0.4, -0.2) is 22.6 Å². The van der Waals surface area contributed by atoms with Gasteiger partial charge in [0.2, 0.25) is 0 Å². The van der Waals surface area contributed by atoms with Crippen molar-refractivity contribution in [1.29, 1.82) is 0 Å². The highest BCUT2D eigenvalue weighted by Crippen LogP contribution is 2.31. The van der Waals surface area contributed by atoms with E-state index in [2.05, 4.69) is 9.72 Å². The summed E-state index contributed by atoms with van der Waals surface area (Å²) in [6.07, 6.45) is -4.45. The molecule has 0 aliphatic heterocycles. The number of hydrogen-bond acceptors (Lipinski definition) is 3. The van der Waals surface area contributed by atoms with E-state index < -0.39 is 23.4 Å². The molecule has 2 aromatic rings. The molecular weight excluding hydrogens is 289 g/mol. The predicted octanol–water partition coefficient (Wildman–Crippen LogP) is 2.19. The Morgan fingerprint density at radius 3 is 2.29 bits per heavy atom. The minimum Gasteiger partial charge on any atom is -0.464 e. The predicted molar refractivity (Wildman–Crippen MR) is 67.8 cm³/mol. The summed E-state index contributed by atoms with van der Waals surface area (Å²) in [5.74, 6) is -0.775. The minimum atomic E-state index is -4.45. The second-order valence-corrected chi connectivity index (χ2v) is 4.28. The average Bonchev–Trinajstić information content (AvgIpc) is 2.73. The second-order valence-electron chi connectivity index (χ2n) is 4.28. The molecule has 0 saturated carbocycles. The van der Waals surface area contributed by atoms with Gasteiger partial charge in [0, 0.05) is 12.6 Å². The molecule has 2 rings (SSSR count). The van der Waals surface area contributed by atoms with Gasteiger partial charge < -0.3 is 4.74 Å². The van der Waals surface area contributed by atoms with Gasteiger partial charge in [-0.25, -0.2) is 9.59 Å². The van der Waals surface area contributed by atoms with Crippen molar-refractivity contribution >= 4 is 5.97 Å². The molecule has 1 heterocycles. The Bertz CT molecular complexity index is 727. The highest BCUT2D eigenvalue weighted by molar-refractivity contribution is 5.94. The number of esters is 1. The van der Waals surface area contributed by atoms with Crippen LogP contribution in [0.2, 0.25) is 0 Å². The van der Waals surface area contributed by atoms with Crippen molar-refractivity contribution in [3.63, 3.8) is 0 Å². The van der Waals surface area contributed by atoms with Crippen LogP contribution < -0.4 is 5.69 Å². The molecule has 0 aliphatic rings. The van der Waals surface area contributed by atoms with Crippen LogP contribution in [0.5, 0.6) is 0 Å². The molecule has 0 spiro atoms. The third-order valence-electron chi connectivity index (χ3n) is 2.98. The van der Waals surface area contributed by atoms with Gasteiger partial charge in [-0.05, 0) is 12.1 Å². The summed E-state index contributed by atoms with van der Waals surface area (Å²) in [4.78, 5) is 25.5. The molecule has 21 heavy (non-hydrogen) atoms. The lowest BCUT2D eigenvalue weighted by Crippen LogP contribution is -2.13. The summed E-state index contributed by atoms with van der Waals surface area (Å²) in [7, 11) is 2.54. The van der Waals surface area contributed by atoms with Crippen LogP contribution in [0.25, 0.3) is 11.3 Å². The fraction of sp³-hybridized carbons (Fsp3) is 0.231. The van der Waals surface area contributed by atoms with Crippen LogP contribution in [0.1, 0.15) is 16.1 Å². The number of aromatic nitrogens is 2. The van der Waals surface area contributed by atoms with Crippen LogP contribution in [0.15, 0.2) is 29.1 Å². The van der Waals surface area contributed by atoms with Crippen LogP contribution in [0, 0.1) is 0 Å². The van der Waals surface area contributed by atoms with Crippen LogP contribution in [-0.2, 0) is 18.0 Å². The molecule has 112 valence electrons. The van der Waals surface area contributed by atoms with Gasteiger partial charge in [-0.2, -0.15) is 13.2 Å². The van der Waals surface area contributed by atoms with Crippen LogP contribution in [0.3, 0.4) is 0 Å². The summed E-state index contributed by atoms with van der Waals surface area (Å²) in [5, 5.41) is 0. The van der Waals surface area contributed by atoms with Crippen molar-refractivity contribution in [3.8, 4) is 11.3 Å². The van der Waals surface area contributed by atoms with Crippen molar-refractivity contribution < 1.29 is 22.7 Å². The maximum Gasteiger partial charge on any atom is 0.416 e. The molecule has 8 heteroatoms. The van der Waals surface area contributed by atoms with E-state index in [0.29, 0.717) is 5.56 Å². The Morgan fingerprint density at radius 2 is 1.81 bits per heavy atom. The second kappa shape index (κ2) is 5.12. The molecule has 0 unspecified atom stereocenters. The average molecular weight is 300 g/mol. The molecule has 5 nitrogen and oxygen atoms in total. The van der Waals surface area contributed by atoms with Crippen molar-refractivity contribution in [1.82, 2.24) is 9.55 Å². The van der Waals surface area contributed by atoms with Crippen LogP contribution in [0.4, 0.5) is 13.2 Å². The van der Waals surface area contributed by atoms with E-state index >= 15 is 0 Å². The molecule has 1 aromatic carbocycles. The summed E-state index contributed by atoms with van der Waals surface area (Å²) in [6.45, 7) is 0. The quantitative estimate of drug-likeness (QED) is 0.865. The third kappa shape index (κ3) is 2.69. The summed E-state index contributed by atoms with van der Waals surface area (Å²) in [6, 6.07) is 4.15. The highest BCUT2D eigenvalue weighted by atomic mass is 19.4. The zero-order valence-corrected chi connectivity index (χ0v) is 11.1. The number of imidazole rings is 1. The van der Waals surface area contributed by atoms with Gasteiger partial charge in [-0.3, -0.25) is 9.55 Å². The number of nitrogens with zero attached hydrogens (tertiary/aromatic N) is 1. The zero-order valence-electron chi connectivity index (χ0n) is 11.1. The maximum atomic E-state index is 12.5. The fourth-order valence-corrected chi connectivity index (χ4v) is 1.92. The molecule has 0 bridgehead atoms. The normalized spacial score (nSPS) is 11.5. The first-order valence-corrected chi connectivity index (χ1v) is 5.80. The van der Waals surface area contributed by atoms with E-state index in [1.165, 1.54) is 19.2 Å². The van der Waals surface area contributed by atoms with Gasteiger partial charge in [0.1, 0.15) is 0 Å². The number of H-pyrrole nitrogens is 1. The molecular formula is C13H11F3N2O3. The largest absolute Gasteiger partial charge is 0.464 e. The smallest absolute Gasteiger partial charge is 0.416 e. The molecule has 0 fully saturated rings.